The van der Waals surface area contributed by atoms with Crippen molar-refractivity contribution >= 4 is 46.8 Å². The number of Topliss-reactive ketones (excluding diaryl/α,β-unsaturated/α-hetero) is 1. The van der Waals surface area contributed by atoms with Gasteiger partial charge in [-0.2, -0.15) is 0 Å². The van der Waals surface area contributed by atoms with Crippen LogP contribution in [0.25, 0.3) is 6.08 Å². The van der Waals surface area contributed by atoms with Gasteiger partial charge in [-0.1, -0.05) is 66.7 Å². The predicted molar refractivity (Wildman–Crippen MR) is 152 cm³/mol. The fourth-order valence-corrected chi connectivity index (χ4v) is 4.44. The van der Waals surface area contributed by atoms with Crippen molar-refractivity contribution in [1.29, 1.82) is 0 Å². The Hall–Kier alpha value is -5.02. The van der Waals surface area contributed by atoms with E-state index in [1.807, 2.05) is 12.1 Å². The number of amides is 2. The van der Waals surface area contributed by atoms with Gasteiger partial charge in [0.1, 0.15) is 5.70 Å². The zero-order valence-corrected chi connectivity index (χ0v) is 21.4. The SMILES string of the molecule is O=C(Nc1cccc(SCC(=O)c2ccccc2)c1)/C(=C/c1ccccc1[N+](=O)[O-])NC(=O)c1ccccc1. The van der Waals surface area contributed by atoms with Crippen molar-refractivity contribution in [3.05, 3.63) is 142 Å². The van der Waals surface area contributed by atoms with E-state index in [1.165, 1.54) is 36.0 Å². The second-order valence-electron chi connectivity index (χ2n) is 8.25. The number of anilines is 1. The smallest absolute Gasteiger partial charge is 0.276 e. The van der Waals surface area contributed by atoms with Crippen LogP contribution in [0.3, 0.4) is 0 Å². The van der Waals surface area contributed by atoms with Crippen molar-refractivity contribution in [3.8, 4) is 0 Å². The number of carbonyl (C=O) groups is 3. The van der Waals surface area contributed by atoms with Crippen LogP contribution in [-0.2, 0) is 4.79 Å². The molecule has 0 aliphatic rings. The zero-order chi connectivity index (χ0) is 27.6. The molecule has 8 nitrogen and oxygen atoms in total. The van der Waals surface area contributed by atoms with Crippen LogP contribution in [0.1, 0.15) is 26.3 Å². The monoisotopic (exact) mass is 537 g/mol. The first-order valence-corrected chi connectivity index (χ1v) is 12.8. The highest BCUT2D eigenvalue weighted by atomic mass is 32.2. The van der Waals surface area contributed by atoms with Crippen molar-refractivity contribution in [2.75, 3.05) is 11.1 Å². The van der Waals surface area contributed by atoms with Crippen LogP contribution >= 0.6 is 11.8 Å². The molecule has 0 aliphatic heterocycles. The van der Waals surface area contributed by atoms with Gasteiger partial charge in [0.2, 0.25) is 0 Å². The summed E-state index contributed by atoms with van der Waals surface area (Å²) in [6.07, 6.45) is 1.27. The first-order chi connectivity index (χ1) is 18.9. The number of benzene rings is 4. The molecule has 0 atom stereocenters. The zero-order valence-electron chi connectivity index (χ0n) is 20.6. The lowest BCUT2D eigenvalue weighted by molar-refractivity contribution is -0.385. The highest BCUT2D eigenvalue weighted by Gasteiger charge is 2.18. The number of hydrogen-bond donors (Lipinski definition) is 2. The van der Waals surface area contributed by atoms with Gasteiger partial charge in [0, 0.05) is 27.8 Å². The first-order valence-electron chi connectivity index (χ1n) is 11.8. The molecule has 9 heteroatoms. The maximum Gasteiger partial charge on any atom is 0.276 e. The molecule has 0 heterocycles. The number of ketones is 1. The standard InChI is InChI=1S/C30H23N3O5S/c34-28(21-10-3-1-4-11-21)20-39-25-16-9-15-24(19-25)31-30(36)26(32-29(35)22-12-5-2-6-13-22)18-23-14-7-8-17-27(23)33(37)38/h1-19H,20H2,(H,31,36)(H,32,35)/b26-18-. The van der Waals surface area contributed by atoms with Crippen molar-refractivity contribution in [3.63, 3.8) is 0 Å². The summed E-state index contributed by atoms with van der Waals surface area (Å²) >= 11 is 1.33. The summed E-state index contributed by atoms with van der Waals surface area (Å²) in [5.41, 5.74) is 1.15. The van der Waals surface area contributed by atoms with Crippen molar-refractivity contribution in [2.24, 2.45) is 0 Å². The molecule has 0 aliphatic carbocycles. The molecule has 0 unspecified atom stereocenters. The minimum absolute atomic E-state index is 0.0201. The van der Waals surface area contributed by atoms with Crippen molar-refractivity contribution in [1.82, 2.24) is 5.32 Å². The average molecular weight is 538 g/mol. The Labute approximate surface area is 228 Å². The highest BCUT2D eigenvalue weighted by Crippen LogP contribution is 2.24. The Morgan fingerprint density at radius 1 is 0.795 bits per heavy atom. The van der Waals surface area contributed by atoms with Crippen LogP contribution in [0.4, 0.5) is 11.4 Å². The molecular weight excluding hydrogens is 514 g/mol. The molecule has 194 valence electrons. The third-order valence-corrected chi connectivity index (χ3v) is 6.51. The maximum absolute atomic E-state index is 13.3. The van der Waals surface area contributed by atoms with Crippen molar-refractivity contribution in [2.45, 2.75) is 4.90 Å². The number of nitro groups is 1. The van der Waals surface area contributed by atoms with Gasteiger partial charge in [0.15, 0.2) is 5.78 Å². The summed E-state index contributed by atoms with van der Waals surface area (Å²) in [4.78, 5) is 50.3. The van der Waals surface area contributed by atoms with E-state index in [2.05, 4.69) is 10.6 Å². The van der Waals surface area contributed by atoms with E-state index in [4.69, 9.17) is 0 Å². The molecule has 0 saturated heterocycles. The van der Waals surface area contributed by atoms with Gasteiger partial charge >= 0.3 is 0 Å². The molecule has 0 spiro atoms. The van der Waals surface area contributed by atoms with Gasteiger partial charge in [-0.05, 0) is 42.5 Å². The second kappa shape index (κ2) is 13.0. The quantitative estimate of drug-likeness (QED) is 0.0845. The van der Waals surface area contributed by atoms with Gasteiger partial charge in [-0.15, -0.1) is 11.8 Å². The fraction of sp³-hybridized carbons (Fsp3) is 0.0333. The predicted octanol–water partition coefficient (Wildman–Crippen LogP) is 5.98. The molecule has 0 saturated carbocycles. The Balaban J connectivity index is 1.55. The number of carbonyl (C=O) groups excluding carboxylic acids is 3. The highest BCUT2D eigenvalue weighted by molar-refractivity contribution is 8.00. The second-order valence-corrected chi connectivity index (χ2v) is 9.30. The summed E-state index contributed by atoms with van der Waals surface area (Å²) in [5, 5.41) is 16.8. The van der Waals surface area contributed by atoms with E-state index in [1.54, 1.807) is 78.9 Å². The fourth-order valence-electron chi connectivity index (χ4n) is 3.59. The topological polar surface area (TPSA) is 118 Å². The molecule has 2 amide bonds. The Kier molecular flexibility index (Phi) is 8.99. The molecule has 0 fully saturated rings. The molecule has 0 radical (unpaired) electrons. The molecule has 39 heavy (non-hydrogen) atoms. The van der Waals surface area contributed by atoms with E-state index in [0.717, 1.165) is 4.90 Å². The van der Waals surface area contributed by atoms with Crippen LogP contribution in [0.5, 0.6) is 0 Å². The van der Waals surface area contributed by atoms with Gasteiger partial charge in [0.05, 0.1) is 16.2 Å². The maximum atomic E-state index is 13.3. The first kappa shape index (κ1) is 27.0. The number of para-hydroxylation sites is 1. The number of rotatable bonds is 10. The lowest BCUT2D eigenvalue weighted by atomic mass is 10.1. The summed E-state index contributed by atoms with van der Waals surface area (Å²) in [6, 6.07) is 30.1. The number of nitrogens with zero attached hydrogens (tertiary/aromatic N) is 1. The van der Waals surface area contributed by atoms with Crippen LogP contribution in [0.15, 0.2) is 120 Å². The van der Waals surface area contributed by atoms with Gasteiger partial charge < -0.3 is 10.6 Å². The molecular formula is C30H23N3O5S. The Bertz CT molecular complexity index is 1540. The number of nitro benzene ring substituents is 1. The summed E-state index contributed by atoms with van der Waals surface area (Å²) in [6.45, 7) is 0. The van der Waals surface area contributed by atoms with E-state index < -0.39 is 16.7 Å². The molecule has 4 aromatic carbocycles. The molecule has 2 N–H and O–H groups in total. The van der Waals surface area contributed by atoms with Gasteiger partial charge in [0.25, 0.3) is 17.5 Å². The third-order valence-electron chi connectivity index (χ3n) is 5.52. The third kappa shape index (κ3) is 7.50. The van der Waals surface area contributed by atoms with E-state index in [0.29, 0.717) is 16.8 Å². The molecule has 4 aromatic rings. The minimum atomic E-state index is -0.667. The largest absolute Gasteiger partial charge is 0.321 e. The van der Waals surface area contributed by atoms with E-state index in [-0.39, 0.29) is 28.5 Å². The summed E-state index contributed by atoms with van der Waals surface area (Å²) in [7, 11) is 0. The van der Waals surface area contributed by atoms with Crippen molar-refractivity contribution < 1.29 is 19.3 Å². The lowest BCUT2D eigenvalue weighted by Gasteiger charge is -2.12. The van der Waals surface area contributed by atoms with Gasteiger partial charge in [-0.3, -0.25) is 24.5 Å². The molecule has 4 rings (SSSR count). The number of nitrogens with one attached hydrogen (secondary N) is 2. The Morgan fingerprint density at radius 2 is 1.44 bits per heavy atom. The number of thioether (sulfide) groups is 1. The van der Waals surface area contributed by atoms with Crippen LogP contribution in [0.2, 0.25) is 0 Å². The minimum Gasteiger partial charge on any atom is -0.321 e. The number of hydrogen-bond acceptors (Lipinski definition) is 6. The molecule has 0 aromatic heterocycles. The van der Waals surface area contributed by atoms with Crippen LogP contribution in [0, 0.1) is 10.1 Å². The summed E-state index contributed by atoms with van der Waals surface area (Å²) < 4.78 is 0. The molecule has 0 bridgehead atoms. The Morgan fingerprint density at radius 3 is 2.13 bits per heavy atom. The van der Waals surface area contributed by atoms with E-state index in [9.17, 15) is 24.5 Å². The van der Waals surface area contributed by atoms with Gasteiger partial charge in [-0.25, -0.2) is 0 Å². The normalized spacial score (nSPS) is 10.9. The van der Waals surface area contributed by atoms with E-state index >= 15 is 0 Å². The van der Waals surface area contributed by atoms with Crippen LogP contribution < -0.4 is 10.6 Å². The van der Waals surface area contributed by atoms with Crippen LogP contribution in [-0.4, -0.2) is 28.3 Å². The lowest BCUT2D eigenvalue weighted by Crippen LogP contribution is -2.30. The summed E-state index contributed by atoms with van der Waals surface area (Å²) in [5.74, 6) is -1.01. The average Bonchev–Trinajstić information content (AvgIpc) is 2.96.